The largest absolute Gasteiger partial charge is 0.507 e. The molecule has 0 aliphatic heterocycles. The molecule has 1 aromatic heterocycles. The summed E-state index contributed by atoms with van der Waals surface area (Å²) in [6.07, 6.45) is 0. The van der Waals surface area contributed by atoms with E-state index in [0.29, 0.717) is 11.5 Å². The predicted molar refractivity (Wildman–Crippen MR) is 142 cm³/mol. The number of phenolic OH excluding ortho intramolecular Hbond substituents is 1. The van der Waals surface area contributed by atoms with E-state index in [4.69, 9.17) is 11.5 Å². The number of phenols is 1. The molecule has 6 nitrogen and oxygen atoms in total. The molecule has 180 valence electrons. The summed E-state index contributed by atoms with van der Waals surface area (Å²) in [6, 6.07) is 14.6. The number of nitrogens with two attached hydrogens (primary N) is 2. The fourth-order valence-corrected chi connectivity index (χ4v) is 4.32. The fourth-order valence-electron chi connectivity index (χ4n) is 3.69. The number of carbonyl (C=O) groups is 1. The van der Waals surface area contributed by atoms with E-state index in [-0.39, 0.29) is 23.1 Å². The molecular formula is C27H34N4O2S. The summed E-state index contributed by atoms with van der Waals surface area (Å²) < 4.78 is 0. The van der Waals surface area contributed by atoms with E-state index < -0.39 is 6.03 Å². The van der Waals surface area contributed by atoms with Gasteiger partial charge >= 0.3 is 6.03 Å². The molecule has 0 radical (unpaired) electrons. The molecule has 3 aromatic rings. The van der Waals surface area contributed by atoms with Crippen LogP contribution in [0.5, 0.6) is 5.75 Å². The van der Waals surface area contributed by atoms with Gasteiger partial charge in [-0.1, -0.05) is 59.7 Å². The maximum atomic E-state index is 12.5. The van der Waals surface area contributed by atoms with E-state index in [1.54, 1.807) is 0 Å². The highest BCUT2D eigenvalue weighted by Gasteiger charge is 2.28. The molecule has 0 saturated carbocycles. The maximum absolute atomic E-state index is 12.5. The first-order valence-corrected chi connectivity index (χ1v) is 12.1. The molecule has 0 aliphatic carbocycles. The van der Waals surface area contributed by atoms with Crippen LogP contribution >= 0.6 is 11.3 Å². The van der Waals surface area contributed by atoms with E-state index in [1.807, 2.05) is 95.5 Å². The third-order valence-corrected chi connectivity index (χ3v) is 6.48. The Bertz CT molecular complexity index is 1150. The molecular weight excluding hydrogens is 444 g/mol. The molecule has 2 amide bonds. The number of carbonyl (C=O) groups excluding carboxylic acids is 1. The summed E-state index contributed by atoms with van der Waals surface area (Å²) in [5.74, 6) is 0.730. The Balaban J connectivity index is 1.96. The van der Waals surface area contributed by atoms with Gasteiger partial charge < -0.3 is 16.6 Å². The second-order valence-electron chi connectivity index (χ2n) is 10.5. The van der Waals surface area contributed by atoms with E-state index in [2.05, 4.69) is 4.99 Å². The van der Waals surface area contributed by atoms with Crippen LogP contribution in [0.1, 0.15) is 63.1 Å². The van der Waals surface area contributed by atoms with Crippen molar-refractivity contribution in [3.05, 3.63) is 75.5 Å². The lowest BCUT2D eigenvalue weighted by Crippen LogP contribution is -2.35. The van der Waals surface area contributed by atoms with Crippen LogP contribution in [0.3, 0.4) is 0 Å². The highest BCUT2D eigenvalue weighted by atomic mass is 32.1. The molecule has 34 heavy (non-hydrogen) atoms. The quantitative estimate of drug-likeness (QED) is 0.301. The third-order valence-electron chi connectivity index (χ3n) is 5.59. The Morgan fingerprint density at radius 1 is 0.971 bits per heavy atom. The maximum Gasteiger partial charge on any atom is 0.319 e. The lowest BCUT2D eigenvalue weighted by atomic mass is 9.79. The zero-order chi connectivity index (χ0) is 25.3. The van der Waals surface area contributed by atoms with Crippen molar-refractivity contribution in [1.29, 1.82) is 0 Å². The van der Waals surface area contributed by atoms with Crippen molar-refractivity contribution in [2.45, 2.75) is 58.9 Å². The summed E-state index contributed by atoms with van der Waals surface area (Å²) in [5.41, 5.74) is 15.1. The smallest absolute Gasteiger partial charge is 0.319 e. The van der Waals surface area contributed by atoms with Gasteiger partial charge in [0.1, 0.15) is 11.6 Å². The number of urea groups is 1. The van der Waals surface area contributed by atoms with Crippen molar-refractivity contribution in [2.75, 3.05) is 4.90 Å². The predicted octanol–water partition coefficient (Wildman–Crippen LogP) is 6.17. The van der Waals surface area contributed by atoms with Crippen molar-refractivity contribution >= 4 is 34.6 Å². The van der Waals surface area contributed by atoms with Gasteiger partial charge in [0, 0.05) is 16.8 Å². The number of amides is 2. The molecule has 5 N–H and O–H groups in total. The average molecular weight is 479 g/mol. The summed E-state index contributed by atoms with van der Waals surface area (Å²) >= 11 is 1.54. The standard InChI is InChI=1S/C27H34N4O2S/c1-26(2,3)20-14-19(15-21(23(20)32)27(4,5)6)31(25(29)33)16-17-9-11-18(12-10-17)30-24(28)22-8-7-13-34-22/h7-15,32H,16H2,1-6H3,(H2,28,30)(H2,29,33). The lowest BCUT2D eigenvalue weighted by molar-refractivity contribution is 0.253. The number of amidine groups is 1. The molecule has 0 spiro atoms. The first-order chi connectivity index (χ1) is 15.8. The van der Waals surface area contributed by atoms with Gasteiger partial charge in [0.2, 0.25) is 0 Å². The first kappa shape index (κ1) is 25.3. The van der Waals surface area contributed by atoms with Gasteiger partial charge in [-0.15, -0.1) is 11.3 Å². The van der Waals surface area contributed by atoms with E-state index in [0.717, 1.165) is 27.3 Å². The van der Waals surface area contributed by atoms with Gasteiger partial charge in [-0.25, -0.2) is 9.79 Å². The van der Waals surface area contributed by atoms with E-state index in [9.17, 15) is 9.90 Å². The number of aromatic hydroxyl groups is 1. The number of aliphatic imine (C=N–C) groups is 1. The monoisotopic (exact) mass is 478 g/mol. The Hall–Kier alpha value is -3.32. The number of hydrogen-bond acceptors (Lipinski definition) is 4. The van der Waals surface area contributed by atoms with Gasteiger partial charge in [-0.05, 0) is 52.1 Å². The number of primary amides is 1. The number of rotatable bonds is 5. The van der Waals surface area contributed by atoms with Crippen molar-refractivity contribution < 1.29 is 9.90 Å². The zero-order valence-electron chi connectivity index (χ0n) is 20.7. The summed E-state index contributed by atoms with van der Waals surface area (Å²) in [4.78, 5) is 19.4. The topological polar surface area (TPSA) is 105 Å². The van der Waals surface area contributed by atoms with Crippen LogP contribution in [-0.4, -0.2) is 17.0 Å². The third kappa shape index (κ3) is 5.78. The minimum atomic E-state index is -0.561. The molecule has 0 fully saturated rings. The summed E-state index contributed by atoms with van der Waals surface area (Å²) in [6.45, 7) is 12.5. The van der Waals surface area contributed by atoms with Crippen LogP contribution in [0.2, 0.25) is 0 Å². The molecule has 0 unspecified atom stereocenters. The van der Waals surface area contributed by atoms with Gasteiger partial charge in [0.25, 0.3) is 0 Å². The number of nitrogens with zero attached hydrogens (tertiary/aromatic N) is 2. The zero-order valence-corrected chi connectivity index (χ0v) is 21.5. The van der Waals surface area contributed by atoms with E-state index in [1.165, 1.54) is 16.2 Å². The van der Waals surface area contributed by atoms with Gasteiger partial charge in [0.15, 0.2) is 0 Å². The van der Waals surface area contributed by atoms with Crippen molar-refractivity contribution in [3.63, 3.8) is 0 Å². The van der Waals surface area contributed by atoms with Crippen molar-refractivity contribution in [1.82, 2.24) is 0 Å². The first-order valence-electron chi connectivity index (χ1n) is 11.2. The van der Waals surface area contributed by atoms with E-state index >= 15 is 0 Å². The molecule has 0 atom stereocenters. The van der Waals surface area contributed by atoms with Gasteiger partial charge in [-0.3, -0.25) is 4.90 Å². The SMILES string of the molecule is CC(C)(C)c1cc(N(Cc2ccc(N=C(N)c3cccs3)cc2)C(N)=O)cc(C(C)(C)C)c1O. The minimum absolute atomic E-state index is 0.263. The van der Waals surface area contributed by atoms with Gasteiger partial charge in [-0.2, -0.15) is 0 Å². The van der Waals surface area contributed by atoms with Crippen LogP contribution in [0.4, 0.5) is 16.2 Å². The number of anilines is 1. The van der Waals surface area contributed by atoms with Crippen LogP contribution in [0.15, 0.2) is 58.9 Å². The fraction of sp³-hybridized carbons (Fsp3) is 0.333. The van der Waals surface area contributed by atoms with Crippen LogP contribution in [0, 0.1) is 0 Å². The molecule has 0 aliphatic rings. The average Bonchev–Trinajstić information content (AvgIpc) is 3.27. The lowest BCUT2D eigenvalue weighted by Gasteiger charge is -2.30. The van der Waals surface area contributed by atoms with Crippen molar-refractivity contribution in [3.8, 4) is 5.75 Å². The van der Waals surface area contributed by atoms with Crippen LogP contribution < -0.4 is 16.4 Å². The summed E-state index contributed by atoms with van der Waals surface area (Å²) in [7, 11) is 0. The molecule has 0 bridgehead atoms. The van der Waals surface area contributed by atoms with Crippen LogP contribution in [0.25, 0.3) is 0 Å². The van der Waals surface area contributed by atoms with Crippen molar-refractivity contribution in [2.24, 2.45) is 16.5 Å². The Labute approximate surface area is 205 Å². The minimum Gasteiger partial charge on any atom is -0.507 e. The molecule has 0 saturated heterocycles. The second kappa shape index (κ2) is 9.50. The molecule has 1 heterocycles. The molecule has 7 heteroatoms. The Kier molecular flexibility index (Phi) is 7.07. The van der Waals surface area contributed by atoms with Crippen LogP contribution in [-0.2, 0) is 17.4 Å². The second-order valence-corrected chi connectivity index (χ2v) is 11.4. The normalized spacial score (nSPS) is 12.6. The summed E-state index contributed by atoms with van der Waals surface area (Å²) in [5, 5.41) is 13.0. The van der Waals surface area contributed by atoms with Gasteiger partial charge in [0.05, 0.1) is 17.1 Å². The number of benzene rings is 2. The molecule has 2 aromatic carbocycles. The Morgan fingerprint density at radius 3 is 1.97 bits per heavy atom. The highest BCUT2D eigenvalue weighted by molar-refractivity contribution is 7.12. The Morgan fingerprint density at radius 2 is 1.53 bits per heavy atom. The molecule has 3 rings (SSSR count). The number of hydrogen-bond donors (Lipinski definition) is 3. The highest BCUT2D eigenvalue weighted by Crippen LogP contribution is 2.42. The number of thiophene rings is 1.